The number of esters is 3. The molecule has 5 atom stereocenters. The Morgan fingerprint density at radius 2 is 1.06 bits per heavy atom. The molecule has 378 valence electrons. The first-order chi connectivity index (χ1) is 32.3. The molecule has 2 unspecified atom stereocenters. The van der Waals surface area contributed by atoms with E-state index in [9.17, 15) is 62.8 Å². The van der Waals surface area contributed by atoms with E-state index < -0.39 is 109 Å². The van der Waals surface area contributed by atoms with E-state index in [4.69, 9.17) is 14.2 Å². The van der Waals surface area contributed by atoms with Crippen LogP contribution in [0.4, 0.5) is 0 Å². The fourth-order valence-corrected chi connectivity index (χ4v) is 7.93. The first kappa shape index (κ1) is 55.2. The van der Waals surface area contributed by atoms with Gasteiger partial charge in [-0.1, -0.05) is 13.8 Å². The van der Waals surface area contributed by atoms with Gasteiger partial charge in [-0.05, 0) is 25.7 Å². The summed E-state index contributed by atoms with van der Waals surface area (Å²) in [6.45, 7) is 4.69. The van der Waals surface area contributed by atoms with Crippen molar-refractivity contribution >= 4 is 71.9 Å². The molecule has 25 nitrogen and oxygen atoms in total. The molecule has 4 saturated heterocycles. The van der Waals surface area contributed by atoms with Gasteiger partial charge in [0.1, 0.15) is 6.04 Å². The molecule has 0 aromatic heterocycles. The normalized spacial score (nSPS) is 23.5. The van der Waals surface area contributed by atoms with Crippen LogP contribution in [0.5, 0.6) is 0 Å². The molecule has 4 rings (SSSR count). The lowest BCUT2D eigenvalue weighted by Crippen LogP contribution is -2.53. The Morgan fingerprint density at radius 3 is 1.51 bits per heavy atom. The molecule has 4 heterocycles. The second kappa shape index (κ2) is 27.6. The number of nitrogens with zero attached hydrogens (tertiary/aromatic N) is 5. The van der Waals surface area contributed by atoms with Crippen LogP contribution in [0.1, 0.15) is 65.7 Å². The molecule has 4 aliphatic heterocycles. The zero-order chi connectivity index (χ0) is 49.9. The summed E-state index contributed by atoms with van der Waals surface area (Å²) in [4.78, 5) is 148. The van der Waals surface area contributed by atoms with Gasteiger partial charge < -0.3 is 50.4 Å². The first-order valence-corrected chi connectivity index (χ1v) is 23.1. The van der Waals surface area contributed by atoms with Gasteiger partial charge in [0.05, 0.1) is 51.8 Å². The van der Waals surface area contributed by atoms with Gasteiger partial charge in [0.25, 0.3) is 0 Å². The third-order valence-corrected chi connectivity index (χ3v) is 12.0. The highest BCUT2D eigenvalue weighted by Crippen LogP contribution is 2.21. The average molecular weight is 964 g/mol. The maximum absolute atomic E-state index is 13.1. The van der Waals surface area contributed by atoms with Crippen molar-refractivity contribution in [3.63, 3.8) is 0 Å². The Bertz CT molecular complexity index is 1820. The molecule has 68 heavy (non-hydrogen) atoms. The van der Waals surface area contributed by atoms with Crippen molar-refractivity contribution in [2.75, 3.05) is 105 Å². The highest BCUT2D eigenvalue weighted by Gasteiger charge is 2.39. The van der Waals surface area contributed by atoms with Crippen molar-refractivity contribution < 1.29 is 77.0 Å². The highest BCUT2D eigenvalue weighted by molar-refractivity contribution is 6.43. The van der Waals surface area contributed by atoms with Crippen LogP contribution in [0, 0.1) is 11.8 Å². The summed E-state index contributed by atoms with van der Waals surface area (Å²) in [5, 5.41) is 29.2. The predicted molar refractivity (Wildman–Crippen MR) is 236 cm³/mol. The monoisotopic (exact) mass is 963 g/mol. The smallest absolute Gasteiger partial charge is 0.426 e. The van der Waals surface area contributed by atoms with Gasteiger partial charge in [0, 0.05) is 96.9 Å². The number of carbonyl (C=O) groups excluding carboxylic acids is 11. The number of ether oxygens (including phenoxy) is 3. The summed E-state index contributed by atoms with van der Waals surface area (Å²) in [5.74, 6) is -8.17. The Labute approximate surface area is 394 Å². The molecule has 5 amide bonds. The van der Waals surface area contributed by atoms with Crippen LogP contribution in [0.25, 0.3) is 0 Å². The van der Waals surface area contributed by atoms with E-state index in [-0.39, 0.29) is 70.7 Å². The molecule has 4 aliphatic rings. The molecule has 4 fully saturated rings. The topological polar surface area (TPSA) is 320 Å². The molecule has 0 aromatic carbocycles. The van der Waals surface area contributed by atoms with Crippen LogP contribution in [-0.2, 0) is 67.0 Å². The van der Waals surface area contributed by atoms with E-state index >= 15 is 0 Å². The molecule has 0 radical (unpaired) electrons. The second-order valence-electron chi connectivity index (χ2n) is 17.7. The van der Waals surface area contributed by atoms with Crippen molar-refractivity contribution in [2.24, 2.45) is 11.8 Å². The lowest BCUT2D eigenvalue weighted by atomic mass is 9.78. The van der Waals surface area contributed by atoms with Gasteiger partial charge in [0.15, 0.2) is 17.3 Å². The van der Waals surface area contributed by atoms with Crippen LogP contribution in [-0.4, -0.2) is 230 Å². The van der Waals surface area contributed by atoms with Gasteiger partial charge in [-0.15, -0.1) is 0 Å². The Hall–Kier alpha value is -5.41. The molecule has 0 aliphatic carbocycles. The van der Waals surface area contributed by atoms with Crippen LogP contribution < -0.4 is 21.3 Å². The number of carbonyl (C=O) groups is 11. The number of amides is 5. The molecule has 0 spiro atoms. The molecular formula is C42H66BN9O16. The lowest BCUT2D eigenvalue weighted by Gasteiger charge is -2.33. The quantitative estimate of drug-likeness (QED) is 0.0463. The number of ketones is 3. The van der Waals surface area contributed by atoms with E-state index in [1.165, 1.54) is 11.8 Å². The number of nitrogens with one attached hydrogen (secondary N) is 4. The SMILES string of the molecule is CC(C)[C@H](CC(=O)CNC(=O)CCC(=O)CNC(=O)CCC(=O)CNC(=O)CN1CCN2CCN3CCN(CC1)CC(=O)OC(OC(=O)C2)OC(=O)C3)C(=O)N[C@H](C)C(=O)N1CCC[C@H]1B(O)O. The summed E-state index contributed by atoms with van der Waals surface area (Å²) in [7, 11) is -1.71. The lowest BCUT2D eigenvalue weighted by molar-refractivity contribution is -0.258. The summed E-state index contributed by atoms with van der Waals surface area (Å²) < 4.78 is 15.5. The summed E-state index contributed by atoms with van der Waals surface area (Å²) >= 11 is 0. The van der Waals surface area contributed by atoms with Crippen molar-refractivity contribution in [3.8, 4) is 0 Å². The third-order valence-electron chi connectivity index (χ3n) is 12.0. The van der Waals surface area contributed by atoms with Gasteiger partial charge in [-0.3, -0.25) is 72.3 Å². The van der Waals surface area contributed by atoms with E-state index in [1.54, 1.807) is 23.6 Å². The van der Waals surface area contributed by atoms with Crippen molar-refractivity contribution in [2.45, 2.75) is 84.2 Å². The Kier molecular flexibility index (Phi) is 22.4. The van der Waals surface area contributed by atoms with E-state index in [2.05, 4.69) is 21.3 Å². The summed E-state index contributed by atoms with van der Waals surface area (Å²) in [6, 6.07) is -0.975. The zero-order valence-corrected chi connectivity index (χ0v) is 39.1. The van der Waals surface area contributed by atoms with Crippen molar-refractivity contribution in [3.05, 3.63) is 0 Å². The molecule has 4 bridgehead atoms. The number of likely N-dealkylation sites (tertiary alicyclic amines) is 1. The summed E-state index contributed by atoms with van der Waals surface area (Å²) in [6.07, 6.45) is -0.227. The summed E-state index contributed by atoms with van der Waals surface area (Å²) in [5.41, 5.74) is 0. The van der Waals surface area contributed by atoms with E-state index in [0.29, 0.717) is 71.7 Å². The van der Waals surface area contributed by atoms with Gasteiger partial charge in [0.2, 0.25) is 29.5 Å². The minimum atomic E-state index is -1.81. The van der Waals surface area contributed by atoms with Crippen LogP contribution in [0.2, 0.25) is 0 Å². The molecule has 26 heteroatoms. The number of hydrogen-bond donors (Lipinski definition) is 6. The zero-order valence-electron chi connectivity index (χ0n) is 39.1. The number of fused-ring (bicyclic) bond motifs is 7. The minimum Gasteiger partial charge on any atom is -0.426 e. The van der Waals surface area contributed by atoms with Gasteiger partial charge >= 0.3 is 31.5 Å². The minimum absolute atomic E-state index is 0.0961. The largest absolute Gasteiger partial charge is 0.475 e. The Balaban J connectivity index is 1.11. The highest BCUT2D eigenvalue weighted by atomic mass is 16.9. The number of Topliss-reactive ketones (excluding diaryl/α,β-unsaturated/α-hetero) is 3. The number of hydrogen-bond acceptors (Lipinski definition) is 20. The fourth-order valence-electron chi connectivity index (χ4n) is 7.93. The van der Waals surface area contributed by atoms with Crippen LogP contribution in [0.15, 0.2) is 0 Å². The first-order valence-electron chi connectivity index (χ1n) is 23.1. The van der Waals surface area contributed by atoms with Crippen molar-refractivity contribution in [1.82, 2.24) is 45.8 Å². The fraction of sp³-hybridized carbons (Fsp3) is 0.738. The number of rotatable bonds is 21. The second-order valence-corrected chi connectivity index (χ2v) is 17.7. The van der Waals surface area contributed by atoms with Crippen LogP contribution in [0.3, 0.4) is 0 Å². The van der Waals surface area contributed by atoms with Crippen molar-refractivity contribution in [1.29, 1.82) is 0 Å². The van der Waals surface area contributed by atoms with E-state index in [1.807, 2.05) is 9.80 Å². The molecule has 6 N–H and O–H groups in total. The van der Waals surface area contributed by atoms with Gasteiger partial charge in [-0.2, -0.15) is 0 Å². The van der Waals surface area contributed by atoms with Crippen LogP contribution >= 0.6 is 0 Å². The molecule has 0 aromatic rings. The third kappa shape index (κ3) is 19.3. The average Bonchev–Trinajstić information content (AvgIpc) is 3.76. The predicted octanol–water partition coefficient (Wildman–Crippen LogP) is -5.07. The van der Waals surface area contributed by atoms with E-state index in [0.717, 1.165) is 0 Å². The molecular weight excluding hydrogens is 897 g/mol. The standard InChI is InChI=1S/C42H66BN9O16/c1-27(2)32(40(62)47-28(3)41(63)52-10-4-5-33(52)43(64)65)19-31(55)22-45-35(57)9-6-29(53)20-44-34(56)8-7-30(54)21-46-36(58)23-48-11-13-49-15-17-51-18-16-50(14-12-48)25-38(60)67-42(66-37(59)24-49)68-39(61)26-51/h27-28,32-33,42,64-65H,4-26H2,1-3H3,(H,44,56)(H,45,57)(H,46,58)(H,47,62)/t28-,32+,33+/m1/s1. The maximum Gasteiger partial charge on any atom is 0.475 e. The molecule has 0 saturated carbocycles. The Morgan fingerprint density at radius 1 is 0.618 bits per heavy atom. The van der Waals surface area contributed by atoms with Gasteiger partial charge in [-0.25, -0.2) is 0 Å². The maximum atomic E-state index is 13.1.